The normalized spacial score (nSPS) is 32.2. The van der Waals surface area contributed by atoms with E-state index in [9.17, 15) is 4.79 Å². The summed E-state index contributed by atoms with van der Waals surface area (Å²) in [6, 6.07) is 6.43. The largest absolute Gasteiger partial charge is 0.326 e. The van der Waals surface area contributed by atoms with Crippen LogP contribution in [0.15, 0.2) is 18.2 Å². The summed E-state index contributed by atoms with van der Waals surface area (Å²) in [5.74, 6) is 3.03. The van der Waals surface area contributed by atoms with Crippen LogP contribution in [0.2, 0.25) is 0 Å². The first-order chi connectivity index (χ1) is 9.69. The minimum atomic E-state index is 0.122. The summed E-state index contributed by atoms with van der Waals surface area (Å²) in [6.45, 7) is 0. The van der Waals surface area contributed by atoms with Crippen molar-refractivity contribution in [3.63, 3.8) is 0 Å². The number of halogens is 1. The number of hydrogen-bond donors (Lipinski definition) is 1. The van der Waals surface area contributed by atoms with Gasteiger partial charge >= 0.3 is 0 Å². The molecule has 20 heavy (non-hydrogen) atoms. The Morgan fingerprint density at radius 2 is 2.20 bits per heavy atom. The zero-order valence-corrected chi connectivity index (χ0v) is 13.2. The minimum Gasteiger partial charge on any atom is -0.326 e. The van der Waals surface area contributed by atoms with Crippen molar-refractivity contribution in [3.8, 4) is 0 Å². The molecule has 0 aromatic heterocycles. The molecular formula is C17H20BrNO. The lowest BCUT2D eigenvalue weighted by atomic mass is 9.84. The van der Waals surface area contributed by atoms with E-state index in [0.717, 1.165) is 29.0 Å². The zero-order chi connectivity index (χ0) is 13.7. The van der Waals surface area contributed by atoms with Crippen LogP contribution in [0.5, 0.6) is 0 Å². The Balaban J connectivity index is 1.47. The third-order valence-corrected chi connectivity index (χ3v) is 6.41. The number of hydrogen-bond acceptors (Lipinski definition) is 1. The highest BCUT2D eigenvalue weighted by Gasteiger charge is 2.40. The molecule has 1 aromatic rings. The van der Waals surface area contributed by atoms with Crippen molar-refractivity contribution >= 4 is 27.5 Å². The lowest BCUT2D eigenvalue weighted by molar-refractivity contribution is -0.115. The zero-order valence-electron chi connectivity index (χ0n) is 11.6. The predicted octanol–water partition coefficient (Wildman–Crippen LogP) is 4.44. The van der Waals surface area contributed by atoms with Crippen LogP contribution in [0.3, 0.4) is 0 Å². The van der Waals surface area contributed by atoms with E-state index in [1.165, 1.54) is 37.7 Å². The summed E-state index contributed by atoms with van der Waals surface area (Å²) >= 11 is 3.89. The van der Waals surface area contributed by atoms with Crippen LogP contribution in [-0.4, -0.2) is 5.91 Å². The van der Waals surface area contributed by atoms with E-state index in [1.807, 2.05) is 0 Å². The van der Waals surface area contributed by atoms with E-state index in [0.29, 0.717) is 11.2 Å². The Labute approximate surface area is 128 Å². The Morgan fingerprint density at radius 1 is 1.30 bits per heavy atom. The molecule has 1 aromatic carbocycles. The number of alkyl halides is 1. The van der Waals surface area contributed by atoms with E-state index in [2.05, 4.69) is 39.4 Å². The van der Waals surface area contributed by atoms with Crippen molar-refractivity contribution in [2.24, 2.45) is 17.8 Å². The van der Waals surface area contributed by atoms with Crippen LogP contribution in [-0.2, 0) is 11.2 Å². The molecule has 2 saturated carbocycles. The highest BCUT2D eigenvalue weighted by Crippen LogP contribution is 2.52. The van der Waals surface area contributed by atoms with Crippen molar-refractivity contribution < 1.29 is 4.79 Å². The standard InChI is InChI=1S/C17H20BrNO/c18-15(8-13-6-10-1-2-11(13)5-10)12-3-4-16-14(7-12)9-17(20)19-16/h3-4,7,10-11,13,15H,1-2,5-6,8-9H2,(H,19,20). The van der Waals surface area contributed by atoms with Crippen molar-refractivity contribution in [1.82, 2.24) is 0 Å². The van der Waals surface area contributed by atoms with Gasteiger partial charge in [-0.15, -0.1) is 0 Å². The third-order valence-electron chi connectivity index (χ3n) is 5.51. The van der Waals surface area contributed by atoms with Gasteiger partial charge in [0, 0.05) is 10.5 Å². The van der Waals surface area contributed by atoms with Gasteiger partial charge in [-0.1, -0.05) is 34.5 Å². The molecule has 0 spiro atoms. The highest BCUT2D eigenvalue weighted by molar-refractivity contribution is 9.09. The van der Waals surface area contributed by atoms with Crippen LogP contribution in [0.25, 0.3) is 0 Å². The molecule has 0 saturated heterocycles. The second-order valence-corrected chi connectivity index (χ2v) is 7.89. The fourth-order valence-electron chi connectivity index (χ4n) is 4.51. The molecule has 2 nitrogen and oxygen atoms in total. The average Bonchev–Trinajstić information content (AvgIpc) is 3.10. The molecule has 1 N–H and O–H groups in total. The molecule has 106 valence electrons. The molecule has 2 aliphatic carbocycles. The Kier molecular flexibility index (Phi) is 3.13. The lowest BCUT2D eigenvalue weighted by Gasteiger charge is -2.24. The first-order valence-corrected chi connectivity index (χ1v) is 8.67. The summed E-state index contributed by atoms with van der Waals surface area (Å²) in [5.41, 5.74) is 3.49. The number of anilines is 1. The molecule has 4 rings (SSSR count). The number of rotatable bonds is 3. The maximum Gasteiger partial charge on any atom is 0.228 e. The molecular weight excluding hydrogens is 314 g/mol. The van der Waals surface area contributed by atoms with Crippen LogP contribution in [0, 0.1) is 17.8 Å². The summed E-state index contributed by atoms with van der Waals surface area (Å²) in [4.78, 5) is 11.9. The molecule has 3 aliphatic rings. The first kappa shape index (κ1) is 12.9. The van der Waals surface area contributed by atoms with Gasteiger partial charge in [-0.25, -0.2) is 0 Å². The fraction of sp³-hybridized carbons (Fsp3) is 0.588. The molecule has 1 aliphatic heterocycles. The van der Waals surface area contributed by atoms with Gasteiger partial charge in [0.2, 0.25) is 5.91 Å². The van der Waals surface area contributed by atoms with Crippen LogP contribution in [0.1, 0.15) is 48.1 Å². The first-order valence-electron chi connectivity index (χ1n) is 7.76. The van der Waals surface area contributed by atoms with Crippen LogP contribution >= 0.6 is 15.9 Å². The highest BCUT2D eigenvalue weighted by atomic mass is 79.9. The molecule has 2 fully saturated rings. The molecule has 4 atom stereocenters. The van der Waals surface area contributed by atoms with Gasteiger partial charge in [-0.3, -0.25) is 4.79 Å². The van der Waals surface area contributed by atoms with Crippen molar-refractivity contribution in [1.29, 1.82) is 0 Å². The summed E-state index contributed by atoms with van der Waals surface area (Å²) < 4.78 is 0. The van der Waals surface area contributed by atoms with Gasteiger partial charge in [0.05, 0.1) is 6.42 Å². The maximum atomic E-state index is 11.4. The summed E-state index contributed by atoms with van der Waals surface area (Å²) in [7, 11) is 0. The second-order valence-electron chi connectivity index (χ2n) is 6.78. The Morgan fingerprint density at radius 3 is 2.95 bits per heavy atom. The second kappa shape index (κ2) is 4.87. The molecule has 1 heterocycles. The van der Waals surface area contributed by atoms with Crippen LogP contribution < -0.4 is 5.32 Å². The lowest BCUT2D eigenvalue weighted by Crippen LogP contribution is -2.12. The van der Waals surface area contributed by atoms with Gasteiger partial charge in [-0.05, 0) is 60.6 Å². The van der Waals surface area contributed by atoms with Crippen molar-refractivity contribution in [3.05, 3.63) is 29.3 Å². The number of fused-ring (bicyclic) bond motifs is 3. The third kappa shape index (κ3) is 2.20. The van der Waals surface area contributed by atoms with E-state index in [1.54, 1.807) is 0 Å². The number of amides is 1. The van der Waals surface area contributed by atoms with E-state index in [-0.39, 0.29) is 5.91 Å². The Bertz CT molecular complexity index is 556. The number of carbonyl (C=O) groups excluding carboxylic acids is 1. The minimum absolute atomic E-state index is 0.122. The smallest absolute Gasteiger partial charge is 0.228 e. The van der Waals surface area contributed by atoms with E-state index in [4.69, 9.17) is 0 Å². The summed E-state index contributed by atoms with van der Waals surface area (Å²) in [6.07, 6.45) is 7.64. The number of nitrogens with one attached hydrogen (secondary N) is 1. The van der Waals surface area contributed by atoms with Crippen LogP contribution in [0.4, 0.5) is 5.69 Å². The monoisotopic (exact) mass is 333 g/mol. The van der Waals surface area contributed by atoms with Crippen molar-refractivity contribution in [2.75, 3.05) is 5.32 Å². The topological polar surface area (TPSA) is 29.1 Å². The van der Waals surface area contributed by atoms with Gasteiger partial charge in [0.25, 0.3) is 0 Å². The van der Waals surface area contributed by atoms with E-state index < -0.39 is 0 Å². The van der Waals surface area contributed by atoms with E-state index >= 15 is 0 Å². The van der Waals surface area contributed by atoms with Gasteiger partial charge in [-0.2, -0.15) is 0 Å². The quantitative estimate of drug-likeness (QED) is 0.814. The fourth-order valence-corrected chi connectivity index (χ4v) is 5.28. The maximum absolute atomic E-state index is 11.4. The number of carbonyl (C=O) groups is 1. The summed E-state index contributed by atoms with van der Waals surface area (Å²) in [5, 5.41) is 2.90. The van der Waals surface area contributed by atoms with Gasteiger partial charge in [0.1, 0.15) is 0 Å². The number of benzene rings is 1. The average molecular weight is 334 g/mol. The molecule has 4 unspecified atom stereocenters. The predicted molar refractivity (Wildman–Crippen MR) is 84.0 cm³/mol. The molecule has 0 radical (unpaired) electrons. The molecule has 2 bridgehead atoms. The van der Waals surface area contributed by atoms with Crippen molar-refractivity contribution in [2.45, 2.75) is 43.4 Å². The molecule has 3 heteroatoms. The molecule has 1 amide bonds. The van der Waals surface area contributed by atoms with Gasteiger partial charge < -0.3 is 5.32 Å². The SMILES string of the molecule is O=C1Cc2cc(C(Br)CC3CC4CCC3C4)ccc2N1. The van der Waals surface area contributed by atoms with Gasteiger partial charge in [0.15, 0.2) is 0 Å². The Hall–Kier alpha value is -0.830.